The first-order chi connectivity index (χ1) is 9.99. The molecule has 0 aromatic carbocycles. The third-order valence-corrected chi connectivity index (χ3v) is 3.55. The maximum Gasteiger partial charge on any atom is 0.183 e. The maximum atomic E-state index is 5.76. The van der Waals surface area contributed by atoms with Crippen LogP contribution in [0.5, 0.6) is 0 Å². The molecule has 0 spiro atoms. The summed E-state index contributed by atoms with van der Waals surface area (Å²) in [5, 5.41) is 0. The molecule has 0 N–H and O–H groups in total. The van der Waals surface area contributed by atoms with Crippen LogP contribution in [0.3, 0.4) is 0 Å². The van der Waals surface area contributed by atoms with Crippen LogP contribution in [0.1, 0.15) is 32.6 Å². The predicted octanol–water partition coefficient (Wildman–Crippen LogP) is 5.81. The van der Waals surface area contributed by atoms with Crippen LogP contribution in [-0.4, -0.2) is 18.6 Å². The molecule has 0 heterocycles. The Morgan fingerprint density at radius 2 is 1.87 bits per heavy atom. The molecule has 0 unspecified atom stereocenters. The molecular formula is C18H30Cl2OSiZr. The van der Waals surface area contributed by atoms with Crippen LogP contribution in [-0.2, 0) is 28.7 Å². The van der Waals surface area contributed by atoms with Gasteiger partial charge in [-0.25, -0.2) is 23.8 Å². The van der Waals surface area contributed by atoms with E-state index in [1.54, 1.807) is 0 Å². The van der Waals surface area contributed by atoms with E-state index in [1.807, 2.05) is 19.1 Å². The van der Waals surface area contributed by atoms with Crippen LogP contribution in [0.2, 0.25) is 19.6 Å². The van der Waals surface area contributed by atoms with Crippen molar-refractivity contribution in [1.82, 2.24) is 0 Å². The first kappa shape index (κ1) is 28.3. The molecule has 1 nitrogen and oxygen atoms in total. The number of rotatable bonds is 5. The minimum absolute atomic E-state index is 0. The molecule has 0 saturated heterocycles. The van der Waals surface area contributed by atoms with Gasteiger partial charge in [-0.05, 0) is 26.1 Å². The van der Waals surface area contributed by atoms with Gasteiger partial charge in [0.15, 0.2) is 8.32 Å². The normalized spacial score (nSPS) is 13.7. The summed E-state index contributed by atoms with van der Waals surface area (Å²) in [4.78, 5) is 0. The van der Waals surface area contributed by atoms with E-state index in [0.29, 0.717) is 0 Å². The van der Waals surface area contributed by atoms with Gasteiger partial charge in [-0.15, -0.1) is 37.7 Å². The fraction of sp³-hybridized carbons (Fsp3) is 0.500. The smallest absolute Gasteiger partial charge is 0.183 e. The van der Waals surface area contributed by atoms with Gasteiger partial charge in [0.1, 0.15) is 0 Å². The van der Waals surface area contributed by atoms with Crippen LogP contribution in [0.4, 0.5) is 0 Å². The summed E-state index contributed by atoms with van der Waals surface area (Å²) in [6.45, 7) is 9.64. The Morgan fingerprint density at radius 3 is 2.22 bits per heavy atom. The van der Waals surface area contributed by atoms with E-state index in [-0.39, 0.29) is 24.8 Å². The molecule has 0 fully saturated rings. The van der Waals surface area contributed by atoms with Crippen molar-refractivity contribution in [3.63, 3.8) is 0 Å². The Morgan fingerprint density at radius 1 is 1.22 bits per heavy atom. The third-order valence-electron chi connectivity index (χ3n) is 2.48. The summed E-state index contributed by atoms with van der Waals surface area (Å²) >= 11 is 1.51. The monoisotopic (exact) mass is 450 g/mol. The van der Waals surface area contributed by atoms with Crippen molar-refractivity contribution in [2.24, 2.45) is 0 Å². The van der Waals surface area contributed by atoms with Gasteiger partial charge >= 0.3 is 34.9 Å². The molecule has 0 aliphatic heterocycles. The standard InChI is InChI=1S/C11H19OSi.C5H5.C2H4.2ClH.Zr/c1-13(2,3)12-10-6-9-11-7-4-5-8-11;1-2-4-5-3-1;1-2;;;/h4,7H,5-6,9-10H2,1-3H3;1-3H,4H2;1H,2H3;2*1H;/q2*-1;;;;+2. The van der Waals surface area contributed by atoms with E-state index in [2.05, 4.69) is 53.7 Å². The second-order valence-electron chi connectivity index (χ2n) is 5.66. The minimum Gasteiger partial charge on any atom is -0.418 e. The molecule has 0 aromatic rings. The zero-order chi connectivity index (χ0) is 16.0. The van der Waals surface area contributed by atoms with Gasteiger partial charge in [-0.3, -0.25) is 12.2 Å². The molecule has 2 aliphatic carbocycles. The van der Waals surface area contributed by atoms with E-state index in [9.17, 15) is 0 Å². The van der Waals surface area contributed by atoms with Crippen molar-refractivity contribution >= 4 is 36.8 Å². The minimum atomic E-state index is -1.28. The van der Waals surface area contributed by atoms with E-state index < -0.39 is 8.32 Å². The number of halogens is 2. The first-order valence-electron chi connectivity index (χ1n) is 7.56. The zero-order valence-electron chi connectivity index (χ0n) is 14.7. The summed E-state index contributed by atoms with van der Waals surface area (Å²) in [6, 6.07) is 0. The SMILES string of the molecule is C[CH]=[Zr+2].C[Si](C)(C)OCCCC1=[C-]CC=C1.Cl.Cl.[C-]1=CC=CC1. The van der Waals surface area contributed by atoms with Crippen molar-refractivity contribution in [3.05, 3.63) is 48.1 Å². The largest absolute Gasteiger partial charge is 0.418 e. The van der Waals surface area contributed by atoms with Gasteiger partial charge in [0, 0.05) is 6.61 Å². The second-order valence-corrected chi connectivity index (χ2v) is 11.6. The van der Waals surface area contributed by atoms with Crippen molar-refractivity contribution < 1.29 is 28.7 Å². The predicted molar refractivity (Wildman–Crippen MR) is 107 cm³/mol. The van der Waals surface area contributed by atoms with E-state index >= 15 is 0 Å². The first-order valence-corrected chi connectivity index (χ1v) is 12.4. The van der Waals surface area contributed by atoms with Gasteiger partial charge in [0.05, 0.1) is 0 Å². The van der Waals surface area contributed by atoms with E-state index in [4.69, 9.17) is 4.43 Å². The molecule has 0 saturated carbocycles. The average Bonchev–Trinajstić information content (AvgIpc) is 3.10. The summed E-state index contributed by atoms with van der Waals surface area (Å²) < 4.78 is 7.85. The summed E-state index contributed by atoms with van der Waals surface area (Å²) in [6.07, 6.45) is 20.9. The van der Waals surface area contributed by atoms with Crippen LogP contribution in [0.25, 0.3) is 0 Å². The fourth-order valence-corrected chi connectivity index (χ4v) is 2.36. The summed E-state index contributed by atoms with van der Waals surface area (Å²) in [5.74, 6) is 0. The maximum absolute atomic E-state index is 5.76. The van der Waals surface area contributed by atoms with Crippen LogP contribution in [0, 0.1) is 12.2 Å². The quantitative estimate of drug-likeness (QED) is 0.290. The Bertz CT molecular complexity index is 386. The van der Waals surface area contributed by atoms with Gasteiger partial charge in [-0.1, -0.05) is 6.42 Å². The second kappa shape index (κ2) is 18.8. The molecule has 2 rings (SSSR count). The van der Waals surface area contributed by atoms with Crippen LogP contribution in [0.15, 0.2) is 36.0 Å². The van der Waals surface area contributed by atoms with Crippen molar-refractivity contribution in [2.45, 2.75) is 52.2 Å². The molecule has 5 heteroatoms. The van der Waals surface area contributed by atoms with Crippen molar-refractivity contribution in [3.8, 4) is 0 Å². The molecule has 0 bridgehead atoms. The molecule has 0 amide bonds. The number of hydrogen-bond donors (Lipinski definition) is 0. The van der Waals surface area contributed by atoms with Gasteiger partial charge in [-0.2, -0.15) is 12.2 Å². The van der Waals surface area contributed by atoms with Crippen LogP contribution >= 0.6 is 24.8 Å². The zero-order valence-corrected chi connectivity index (χ0v) is 19.8. The topological polar surface area (TPSA) is 9.23 Å². The van der Waals surface area contributed by atoms with Crippen LogP contribution < -0.4 is 0 Å². The molecule has 0 atom stereocenters. The molecule has 0 aromatic heterocycles. The van der Waals surface area contributed by atoms with Gasteiger partial charge in [0.25, 0.3) is 0 Å². The Hall–Kier alpha value is 0.470. The number of hydrogen-bond acceptors (Lipinski definition) is 1. The molecule has 2 aliphatic rings. The van der Waals surface area contributed by atoms with E-state index in [1.165, 1.54) is 29.8 Å². The number of allylic oxidation sites excluding steroid dienone is 8. The molecule has 23 heavy (non-hydrogen) atoms. The Balaban J connectivity index is -0.000000336. The average molecular weight is 453 g/mol. The van der Waals surface area contributed by atoms with Crippen molar-refractivity contribution in [2.75, 3.05) is 6.61 Å². The molecule has 0 radical (unpaired) electrons. The third kappa shape index (κ3) is 22.5. The van der Waals surface area contributed by atoms with Gasteiger partial charge in [0.2, 0.25) is 0 Å². The fourth-order valence-electron chi connectivity index (χ4n) is 1.60. The van der Waals surface area contributed by atoms with Gasteiger partial charge < -0.3 is 4.43 Å². The summed E-state index contributed by atoms with van der Waals surface area (Å²) in [7, 11) is -1.28. The molecular weight excluding hydrogens is 422 g/mol. The Labute approximate surface area is 171 Å². The summed E-state index contributed by atoms with van der Waals surface area (Å²) in [5.41, 5.74) is 1.36. The Kier molecular flexibility index (Phi) is 23.1. The van der Waals surface area contributed by atoms with Crippen molar-refractivity contribution in [1.29, 1.82) is 0 Å². The molecule has 130 valence electrons. The van der Waals surface area contributed by atoms with E-state index in [0.717, 1.165) is 32.3 Å².